The molecule has 0 heterocycles. The van der Waals surface area contributed by atoms with Crippen molar-refractivity contribution in [3.05, 3.63) is 54.4 Å². The molecule has 20 heavy (non-hydrogen) atoms. The first-order valence-corrected chi connectivity index (χ1v) is 6.12. The van der Waals surface area contributed by atoms with E-state index in [0.717, 1.165) is 0 Å². The summed E-state index contributed by atoms with van der Waals surface area (Å²) in [4.78, 5) is 29.5. The molecule has 1 aromatic carbocycles. The predicted octanol–water partition coefficient (Wildman–Crippen LogP) is 2.52. The molecule has 1 amide bonds. The Bertz CT molecular complexity index is 535. The van der Waals surface area contributed by atoms with E-state index >= 15 is 0 Å². The minimum Gasteiger partial charge on any atom is -0.337 e. The molecule has 0 spiro atoms. The van der Waals surface area contributed by atoms with Gasteiger partial charge >= 0.3 is 5.97 Å². The number of carbonyl (C=O) groups excluding carboxylic acids is 2. The van der Waals surface area contributed by atoms with E-state index in [9.17, 15) is 9.59 Å². The van der Waals surface area contributed by atoms with Crippen LogP contribution in [0.15, 0.2) is 54.4 Å². The summed E-state index contributed by atoms with van der Waals surface area (Å²) in [6, 6.07) is 9.06. The van der Waals surface area contributed by atoms with Crippen molar-refractivity contribution in [1.29, 1.82) is 0 Å². The van der Waals surface area contributed by atoms with Crippen molar-refractivity contribution in [2.45, 2.75) is 20.8 Å². The fraction of sp³-hybridized carbons (Fsp3) is 0.200. The predicted molar refractivity (Wildman–Crippen MR) is 77.4 cm³/mol. The van der Waals surface area contributed by atoms with Crippen LogP contribution in [0.4, 0.5) is 5.69 Å². The number of allylic oxidation sites excluding steroid dienone is 1. The first kappa shape index (κ1) is 15.5. The molecule has 0 unspecified atom stereocenters. The van der Waals surface area contributed by atoms with Gasteiger partial charge in [-0.25, -0.2) is 10.3 Å². The molecule has 1 aromatic rings. The van der Waals surface area contributed by atoms with E-state index in [0.29, 0.717) is 11.5 Å². The smallest absolute Gasteiger partial charge is 0.337 e. The topological polar surface area (TPSA) is 58.6 Å². The molecular formula is C15H18N2O3. The highest BCUT2D eigenvalue weighted by Crippen LogP contribution is 2.17. The van der Waals surface area contributed by atoms with Gasteiger partial charge in [0.2, 0.25) is 5.91 Å². The fourth-order valence-electron chi connectivity index (χ4n) is 1.49. The average Bonchev–Trinajstić information content (AvgIpc) is 2.43. The van der Waals surface area contributed by atoms with E-state index in [1.54, 1.807) is 32.1 Å². The Balaban J connectivity index is 2.92. The van der Waals surface area contributed by atoms with Crippen molar-refractivity contribution < 1.29 is 14.4 Å². The first-order valence-electron chi connectivity index (χ1n) is 6.12. The highest BCUT2D eigenvalue weighted by atomic mass is 16.7. The number of nitrogens with one attached hydrogen (secondary N) is 1. The van der Waals surface area contributed by atoms with Gasteiger partial charge in [0.1, 0.15) is 5.82 Å². The van der Waals surface area contributed by atoms with Crippen LogP contribution in [0.1, 0.15) is 20.8 Å². The SMILES string of the molecule is C=C(C)C(=O)ONC(=CC)N(C(C)=O)c1ccccc1. The van der Waals surface area contributed by atoms with Crippen molar-refractivity contribution in [1.82, 2.24) is 5.48 Å². The number of nitrogens with zero attached hydrogens (tertiary/aromatic N) is 1. The van der Waals surface area contributed by atoms with Crippen LogP contribution in [-0.4, -0.2) is 11.9 Å². The highest BCUT2D eigenvalue weighted by Gasteiger charge is 2.17. The average molecular weight is 274 g/mol. The van der Waals surface area contributed by atoms with E-state index in [1.165, 1.54) is 11.8 Å². The van der Waals surface area contributed by atoms with Crippen LogP contribution in [0, 0.1) is 0 Å². The highest BCUT2D eigenvalue weighted by molar-refractivity contribution is 5.94. The maximum Gasteiger partial charge on any atom is 0.358 e. The van der Waals surface area contributed by atoms with Gasteiger partial charge in [-0.3, -0.25) is 9.69 Å². The lowest BCUT2D eigenvalue weighted by atomic mass is 10.3. The summed E-state index contributed by atoms with van der Waals surface area (Å²) in [5, 5.41) is 0. The molecule has 1 rings (SSSR count). The minimum atomic E-state index is -0.582. The van der Waals surface area contributed by atoms with Gasteiger partial charge in [-0.15, -0.1) is 0 Å². The quantitative estimate of drug-likeness (QED) is 0.662. The summed E-state index contributed by atoms with van der Waals surface area (Å²) in [6.45, 7) is 8.18. The molecule has 0 aromatic heterocycles. The molecule has 106 valence electrons. The van der Waals surface area contributed by atoms with Crippen molar-refractivity contribution in [2.24, 2.45) is 0 Å². The van der Waals surface area contributed by atoms with E-state index in [-0.39, 0.29) is 11.5 Å². The van der Waals surface area contributed by atoms with Gasteiger partial charge < -0.3 is 4.84 Å². The molecule has 0 saturated carbocycles. The van der Waals surface area contributed by atoms with Crippen LogP contribution in [0.5, 0.6) is 0 Å². The zero-order chi connectivity index (χ0) is 15.1. The molecular weight excluding hydrogens is 256 g/mol. The molecule has 5 heteroatoms. The second-order valence-corrected chi connectivity index (χ2v) is 4.14. The Hall–Kier alpha value is -2.56. The lowest BCUT2D eigenvalue weighted by Crippen LogP contribution is -2.36. The Morgan fingerprint density at radius 1 is 1.25 bits per heavy atom. The van der Waals surface area contributed by atoms with Crippen LogP contribution < -0.4 is 10.4 Å². The summed E-state index contributed by atoms with van der Waals surface area (Å²) in [7, 11) is 0. The van der Waals surface area contributed by atoms with Gasteiger partial charge in [-0.2, -0.15) is 0 Å². The number of anilines is 1. The molecule has 1 N–H and O–H groups in total. The third kappa shape index (κ3) is 3.98. The summed E-state index contributed by atoms with van der Waals surface area (Å²) in [5.41, 5.74) is 3.43. The van der Waals surface area contributed by atoms with Gasteiger partial charge in [0, 0.05) is 12.5 Å². The van der Waals surface area contributed by atoms with Crippen LogP contribution in [0.3, 0.4) is 0 Å². The van der Waals surface area contributed by atoms with Crippen molar-refractivity contribution in [3.63, 3.8) is 0 Å². The summed E-state index contributed by atoms with van der Waals surface area (Å²) < 4.78 is 0. The maximum atomic E-state index is 11.8. The number of rotatable bonds is 5. The Labute approximate surface area is 118 Å². The molecule has 0 aliphatic carbocycles. The zero-order valence-corrected chi connectivity index (χ0v) is 11.8. The van der Waals surface area contributed by atoms with Crippen LogP contribution >= 0.6 is 0 Å². The Kier molecular flexibility index (Phi) is 5.53. The number of para-hydroxylation sites is 1. The van der Waals surface area contributed by atoms with Gasteiger partial charge in [-0.05, 0) is 32.1 Å². The number of hydroxylamine groups is 1. The molecule has 0 radical (unpaired) electrons. The molecule has 0 saturated heterocycles. The summed E-state index contributed by atoms with van der Waals surface area (Å²) in [6.07, 6.45) is 1.64. The lowest BCUT2D eigenvalue weighted by Gasteiger charge is -2.24. The number of carbonyl (C=O) groups is 2. The van der Waals surface area contributed by atoms with E-state index in [1.807, 2.05) is 18.2 Å². The standard InChI is InChI=1S/C15H18N2O3/c1-5-14(16-20-15(19)11(2)3)17(12(4)18)13-9-7-6-8-10-13/h5-10,16H,2H2,1,3-4H3. The van der Waals surface area contributed by atoms with Gasteiger partial charge in [0.15, 0.2) is 0 Å². The second-order valence-electron chi connectivity index (χ2n) is 4.14. The normalized spacial score (nSPS) is 10.7. The van der Waals surface area contributed by atoms with E-state index in [4.69, 9.17) is 4.84 Å². The Morgan fingerprint density at radius 3 is 2.30 bits per heavy atom. The molecule has 0 bridgehead atoms. The van der Waals surface area contributed by atoms with Crippen molar-refractivity contribution in [2.75, 3.05) is 4.90 Å². The monoisotopic (exact) mass is 274 g/mol. The zero-order valence-electron chi connectivity index (χ0n) is 11.8. The summed E-state index contributed by atoms with van der Waals surface area (Å²) in [5.74, 6) is -0.428. The second kappa shape index (κ2) is 7.13. The van der Waals surface area contributed by atoms with Crippen LogP contribution in [-0.2, 0) is 14.4 Å². The summed E-state index contributed by atoms with van der Waals surface area (Å²) >= 11 is 0. The largest absolute Gasteiger partial charge is 0.358 e. The third-order valence-corrected chi connectivity index (χ3v) is 2.44. The number of amides is 1. The van der Waals surface area contributed by atoms with Gasteiger partial charge in [-0.1, -0.05) is 24.8 Å². The number of hydrogen-bond donors (Lipinski definition) is 1. The molecule has 0 atom stereocenters. The first-order chi connectivity index (χ1) is 9.47. The van der Waals surface area contributed by atoms with Crippen molar-refractivity contribution in [3.8, 4) is 0 Å². The van der Waals surface area contributed by atoms with Crippen LogP contribution in [0.2, 0.25) is 0 Å². The maximum absolute atomic E-state index is 11.8. The molecule has 5 nitrogen and oxygen atoms in total. The lowest BCUT2D eigenvalue weighted by molar-refractivity contribution is -0.144. The molecule has 0 aliphatic rings. The van der Waals surface area contributed by atoms with E-state index in [2.05, 4.69) is 12.1 Å². The Morgan fingerprint density at radius 2 is 1.85 bits per heavy atom. The van der Waals surface area contributed by atoms with E-state index < -0.39 is 5.97 Å². The molecule has 0 fully saturated rings. The van der Waals surface area contributed by atoms with Crippen molar-refractivity contribution >= 4 is 17.6 Å². The van der Waals surface area contributed by atoms with Gasteiger partial charge in [0.05, 0.1) is 5.69 Å². The van der Waals surface area contributed by atoms with Crippen LogP contribution in [0.25, 0.3) is 0 Å². The third-order valence-electron chi connectivity index (χ3n) is 2.44. The number of benzene rings is 1. The van der Waals surface area contributed by atoms with Gasteiger partial charge in [0.25, 0.3) is 0 Å². The molecule has 0 aliphatic heterocycles. The number of hydrogen-bond acceptors (Lipinski definition) is 4. The fourth-order valence-corrected chi connectivity index (χ4v) is 1.49. The minimum absolute atomic E-state index is 0.205.